The number of ether oxygens (including phenoxy) is 2. The number of carbonyl (C=O) groups is 2. The maximum absolute atomic E-state index is 13.2. The van der Waals surface area contributed by atoms with Gasteiger partial charge in [0.2, 0.25) is 6.79 Å². The normalized spacial score (nSPS) is 23.7. The second kappa shape index (κ2) is 5.49. The van der Waals surface area contributed by atoms with E-state index in [4.69, 9.17) is 9.47 Å². The van der Waals surface area contributed by atoms with E-state index in [1.807, 2.05) is 6.07 Å². The van der Waals surface area contributed by atoms with Crippen LogP contribution in [0.2, 0.25) is 0 Å². The minimum atomic E-state index is -0.932. The lowest BCUT2D eigenvalue weighted by Gasteiger charge is -2.41. The van der Waals surface area contributed by atoms with Crippen LogP contribution in [0.15, 0.2) is 42.5 Å². The summed E-state index contributed by atoms with van der Waals surface area (Å²) >= 11 is 0. The Bertz CT molecular complexity index is 920. The maximum Gasteiger partial charge on any atom is 0.313 e. The van der Waals surface area contributed by atoms with Gasteiger partial charge in [0.25, 0.3) is 5.91 Å². The molecule has 1 aliphatic carbocycles. The maximum atomic E-state index is 13.2. The number of aliphatic carboxylic acids is 1. The number of carboxylic acid groups (broad SMARTS) is 1. The summed E-state index contributed by atoms with van der Waals surface area (Å²) in [7, 11) is 0. The van der Waals surface area contributed by atoms with Crippen molar-refractivity contribution < 1.29 is 24.2 Å². The summed E-state index contributed by atoms with van der Waals surface area (Å²) in [5.41, 5.74) is 1.82. The molecule has 0 unspecified atom stereocenters. The first-order valence-corrected chi connectivity index (χ1v) is 8.69. The van der Waals surface area contributed by atoms with Crippen LogP contribution >= 0.6 is 0 Å². The van der Waals surface area contributed by atoms with Gasteiger partial charge in [0.15, 0.2) is 11.5 Å². The van der Waals surface area contributed by atoms with Gasteiger partial charge in [-0.25, -0.2) is 0 Å². The zero-order valence-corrected chi connectivity index (χ0v) is 13.9. The first-order valence-electron chi connectivity index (χ1n) is 8.69. The number of carbonyl (C=O) groups excluding carboxylic acids is 1. The van der Waals surface area contributed by atoms with Crippen LogP contribution in [0.4, 0.5) is 0 Å². The summed E-state index contributed by atoms with van der Waals surface area (Å²) < 4.78 is 10.8. The molecular weight excluding hydrogens is 334 g/mol. The predicted molar refractivity (Wildman–Crippen MR) is 91.3 cm³/mol. The van der Waals surface area contributed by atoms with Gasteiger partial charge in [0, 0.05) is 11.6 Å². The highest BCUT2D eigenvalue weighted by molar-refractivity contribution is 6.00. The third-order valence-electron chi connectivity index (χ3n) is 5.32. The van der Waals surface area contributed by atoms with Crippen LogP contribution in [0.3, 0.4) is 0 Å². The highest BCUT2D eigenvalue weighted by Crippen LogP contribution is 2.49. The van der Waals surface area contributed by atoms with Crippen LogP contribution in [0.25, 0.3) is 0 Å². The van der Waals surface area contributed by atoms with Gasteiger partial charge >= 0.3 is 5.97 Å². The van der Waals surface area contributed by atoms with E-state index < -0.39 is 17.9 Å². The van der Waals surface area contributed by atoms with Crippen molar-refractivity contribution in [1.82, 2.24) is 4.90 Å². The van der Waals surface area contributed by atoms with E-state index in [1.165, 1.54) is 0 Å². The molecule has 132 valence electrons. The molecule has 1 saturated carbocycles. The molecule has 2 heterocycles. The van der Waals surface area contributed by atoms with Gasteiger partial charge in [-0.15, -0.1) is 0 Å². The largest absolute Gasteiger partial charge is 0.481 e. The molecule has 2 aliphatic heterocycles. The minimum absolute atomic E-state index is 0.0909. The Labute approximate surface area is 149 Å². The highest BCUT2D eigenvalue weighted by Gasteiger charge is 2.49. The number of rotatable bonds is 3. The molecule has 2 aromatic rings. The molecule has 0 radical (unpaired) electrons. The number of hydrogen-bond donors (Lipinski definition) is 1. The van der Waals surface area contributed by atoms with Crippen LogP contribution < -0.4 is 9.47 Å². The summed E-state index contributed by atoms with van der Waals surface area (Å²) in [4.78, 5) is 27.2. The van der Waals surface area contributed by atoms with Crippen molar-refractivity contribution in [3.8, 4) is 11.5 Å². The molecule has 2 aromatic carbocycles. The quantitative estimate of drug-likeness (QED) is 0.920. The minimum Gasteiger partial charge on any atom is -0.481 e. The summed E-state index contributed by atoms with van der Waals surface area (Å²) in [5.74, 6) is -0.610. The molecule has 3 aliphatic rings. The van der Waals surface area contributed by atoms with E-state index >= 15 is 0 Å². The molecule has 0 aromatic heterocycles. The summed E-state index contributed by atoms with van der Waals surface area (Å²) in [6.07, 6.45) is 1.81. The number of nitrogens with zero attached hydrogens (tertiary/aromatic N) is 1. The van der Waals surface area contributed by atoms with E-state index in [2.05, 4.69) is 0 Å². The fourth-order valence-corrected chi connectivity index (χ4v) is 4.02. The number of benzene rings is 2. The Kier molecular flexibility index (Phi) is 3.22. The first-order chi connectivity index (χ1) is 12.6. The van der Waals surface area contributed by atoms with Crippen molar-refractivity contribution in [3.05, 3.63) is 59.2 Å². The molecule has 1 amide bonds. The van der Waals surface area contributed by atoms with E-state index in [9.17, 15) is 14.7 Å². The van der Waals surface area contributed by atoms with Gasteiger partial charge in [0.05, 0.1) is 6.04 Å². The summed E-state index contributed by atoms with van der Waals surface area (Å²) in [5, 5.41) is 10.0. The fourth-order valence-electron chi connectivity index (χ4n) is 4.02. The Balaban J connectivity index is 1.70. The SMILES string of the molecule is O=C(O)[C@@H]1c2ccccc2C(=O)N(C2CC2)[C@@H]1c1ccc2c(c1)OCO2. The molecule has 6 heteroatoms. The third-order valence-corrected chi connectivity index (χ3v) is 5.32. The molecule has 6 nitrogen and oxygen atoms in total. The van der Waals surface area contributed by atoms with Gasteiger partial charge in [-0.2, -0.15) is 0 Å². The number of carboxylic acids is 1. The lowest BCUT2D eigenvalue weighted by atomic mass is 9.79. The average Bonchev–Trinajstić information content (AvgIpc) is 3.37. The monoisotopic (exact) mass is 351 g/mol. The van der Waals surface area contributed by atoms with Crippen molar-refractivity contribution in [2.45, 2.75) is 30.8 Å². The average molecular weight is 351 g/mol. The van der Waals surface area contributed by atoms with E-state index in [1.54, 1.807) is 41.3 Å². The van der Waals surface area contributed by atoms with Gasteiger partial charge in [-0.1, -0.05) is 24.3 Å². The Morgan fingerprint density at radius 1 is 1.08 bits per heavy atom. The smallest absolute Gasteiger partial charge is 0.313 e. The second-order valence-electron chi connectivity index (χ2n) is 6.90. The van der Waals surface area contributed by atoms with Crippen molar-refractivity contribution in [3.63, 3.8) is 0 Å². The Morgan fingerprint density at radius 2 is 1.85 bits per heavy atom. The second-order valence-corrected chi connectivity index (χ2v) is 6.90. The highest BCUT2D eigenvalue weighted by atomic mass is 16.7. The summed E-state index contributed by atoms with van der Waals surface area (Å²) in [6.45, 7) is 0.153. The van der Waals surface area contributed by atoms with Crippen molar-refractivity contribution >= 4 is 11.9 Å². The number of fused-ring (bicyclic) bond motifs is 2. The van der Waals surface area contributed by atoms with E-state index in [0.29, 0.717) is 22.6 Å². The molecule has 1 N–H and O–H groups in total. The zero-order valence-electron chi connectivity index (χ0n) is 13.9. The lowest BCUT2D eigenvalue weighted by Crippen LogP contribution is -2.46. The number of hydrogen-bond acceptors (Lipinski definition) is 4. The van der Waals surface area contributed by atoms with Crippen molar-refractivity contribution in [2.75, 3.05) is 6.79 Å². The predicted octanol–water partition coefficient (Wildman–Crippen LogP) is 2.94. The molecule has 0 spiro atoms. The van der Waals surface area contributed by atoms with Crippen molar-refractivity contribution in [2.24, 2.45) is 0 Å². The first kappa shape index (κ1) is 15.3. The van der Waals surface area contributed by atoms with Crippen LogP contribution in [-0.4, -0.2) is 34.7 Å². The van der Waals surface area contributed by atoms with Crippen molar-refractivity contribution in [1.29, 1.82) is 0 Å². The molecule has 5 rings (SSSR count). The lowest BCUT2D eigenvalue weighted by molar-refractivity contribution is -0.140. The molecule has 26 heavy (non-hydrogen) atoms. The fraction of sp³-hybridized carbons (Fsp3) is 0.300. The van der Waals surface area contributed by atoms with Crippen LogP contribution in [-0.2, 0) is 4.79 Å². The molecular formula is C20H17NO5. The topological polar surface area (TPSA) is 76.1 Å². The van der Waals surface area contributed by atoms with Crippen LogP contribution in [0, 0.1) is 0 Å². The van der Waals surface area contributed by atoms with Gasteiger partial charge in [0.1, 0.15) is 5.92 Å². The summed E-state index contributed by atoms with van der Waals surface area (Å²) in [6, 6.07) is 12.0. The standard InChI is InChI=1S/C20H17NO5/c22-19-14-4-2-1-3-13(14)17(20(23)24)18(21(19)12-6-7-12)11-5-8-15-16(9-11)26-10-25-15/h1-5,8-9,12,17-18H,6-7,10H2,(H,23,24)/t17-,18-/m1/s1. The molecule has 1 fully saturated rings. The number of amides is 1. The molecule has 0 saturated heterocycles. The Hall–Kier alpha value is -3.02. The van der Waals surface area contributed by atoms with E-state index in [0.717, 1.165) is 18.4 Å². The third kappa shape index (κ3) is 2.18. The van der Waals surface area contributed by atoms with Gasteiger partial charge < -0.3 is 19.5 Å². The van der Waals surface area contributed by atoms with Gasteiger partial charge in [-0.05, 0) is 42.2 Å². The molecule has 2 atom stereocenters. The van der Waals surface area contributed by atoms with Gasteiger partial charge in [-0.3, -0.25) is 9.59 Å². The van der Waals surface area contributed by atoms with Crippen LogP contribution in [0.5, 0.6) is 11.5 Å². The molecule has 0 bridgehead atoms. The van der Waals surface area contributed by atoms with Crippen LogP contribution in [0.1, 0.15) is 46.3 Å². The van der Waals surface area contributed by atoms with E-state index in [-0.39, 0.29) is 18.7 Å². The zero-order chi connectivity index (χ0) is 17.8. The Morgan fingerprint density at radius 3 is 2.62 bits per heavy atom.